The lowest BCUT2D eigenvalue weighted by Gasteiger charge is -2.15. The number of nitro groups is 1. The number of hydrogen-bond donors (Lipinski definition) is 0. The Labute approximate surface area is 187 Å². The van der Waals surface area contributed by atoms with Gasteiger partial charge < -0.3 is 9.64 Å². The van der Waals surface area contributed by atoms with E-state index in [1.165, 1.54) is 36.4 Å². The first-order valence-corrected chi connectivity index (χ1v) is 9.92. The lowest BCUT2D eigenvalue weighted by atomic mass is 9.95. The van der Waals surface area contributed by atoms with E-state index in [9.17, 15) is 27.7 Å². The number of ether oxygens (including phenoxy) is 1. The van der Waals surface area contributed by atoms with Crippen LogP contribution in [-0.2, 0) is 13.0 Å². The van der Waals surface area contributed by atoms with Crippen molar-refractivity contribution in [2.45, 2.75) is 19.4 Å². The molecule has 0 bridgehead atoms. The van der Waals surface area contributed by atoms with Crippen molar-refractivity contribution in [1.29, 1.82) is 0 Å². The molecule has 33 heavy (non-hydrogen) atoms. The maximum absolute atomic E-state index is 14.2. The van der Waals surface area contributed by atoms with Gasteiger partial charge in [-0.15, -0.1) is 0 Å². The molecular formula is C23H21F4N3O3. The van der Waals surface area contributed by atoms with Crippen molar-refractivity contribution in [3.05, 3.63) is 87.0 Å². The molecule has 0 unspecified atom stereocenters. The molecule has 1 aromatic heterocycles. The fourth-order valence-corrected chi connectivity index (χ4v) is 3.43. The van der Waals surface area contributed by atoms with Gasteiger partial charge >= 0.3 is 0 Å². The van der Waals surface area contributed by atoms with Crippen LogP contribution in [0.4, 0.5) is 23.2 Å². The molecule has 0 saturated heterocycles. The molecule has 174 valence electrons. The van der Waals surface area contributed by atoms with Gasteiger partial charge in [0.2, 0.25) is 5.88 Å². The Bertz CT molecular complexity index is 1140. The van der Waals surface area contributed by atoms with E-state index in [4.69, 9.17) is 4.74 Å². The fourth-order valence-electron chi connectivity index (χ4n) is 3.43. The predicted octanol–water partition coefficient (Wildman–Crippen LogP) is 5.23. The largest absolute Gasteiger partial charge is 0.472 e. The quantitative estimate of drug-likeness (QED) is 0.247. The van der Waals surface area contributed by atoms with Crippen molar-refractivity contribution < 1.29 is 27.2 Å². The smallest absolute Gasteiger partial charge is 0.283 e. The van der Waals surface area contributed by atoms with Crippen LogP contribution in [-0.4, -0.2) is 41.9 Å². The summed E-state index contributed by atoms with van der Waals surface area (Å²) >= 11 is 0. The SMILES string of the molecule is CN(C)Cc1cc(Cc2c(F)cccc2F)cc(-c2cccc(OCC(F)F)n2)c1[N+](=O)[O-]. The highest BCUT2D eigenvalue weighted by atomic mass is 19.3. The van der Waals surface area contributed by atoms with Crippen molar-refractivity contribution in [1.82, 2.24) is 9.88 Å². The third-order valence-electron chi connectivity index (χ3n) is 4.72. The van der Waals surface area contributed by atoms with E-state index in [1.807, 2.05) is 0 Å². The summed E-state index contributed by atoms with van der Waals surface area (Å²) in [6, 6.07) is 10.8. The van der Waals surface area contributed by atoms with Gasteiger partial charge in [-0.1, -0.05) is 12.1 Å². The molecule has 10 heteroatoms. The van der Waals surface area contributed by atoms with Crippen molar-refractivity contribution in [2.24, 2.45) is 0 Å². The lowest BCUT2D eigenvalue weighted by Crippen LogP contribution is -2.13. The van der Waals surface area contributed by atoms with Gasteiger partial charge in [0.1, 0.15) is 11.6 Å². The first-order chi connectivity index (χ1) is 15.7. The standard InChI is InChI=1S/C23H21F4N3O3/c1-29(2)12-15-9-14(10-16-18(24)5-3-6-19(16)25)11-17(23(15)30(31)32)20-7-4-8-22(28-20)33-13-21(26)27/h3-9,11,21H,10,12-13H2,1-2H3. The van der Waals surface area contributed by atoms with Gasteiger partial charge in [-0.2, -0.15) is 0 Å². The van der Waals surface area contributed by atoms with Crippen LogP contribution in [0.2, 0.25) is 0 Å². The maximum atomic E-state index is 14.2. The lowest BCUT2D eigenvalue weighted by molar-refractivity contribution is -0.385. The molecule has 3 aromatic rings. The minimum Gasteiger partial charge on any atom is -0.472 e. The summed E-state index contributed by atoms with van der Waals surface area (Å²) < 4.78 is 58.4. The molecule has 0 atom stereocenters. The molecule has 2 aromatic carbocycles. The van der Waals surface area contributed by atoms with E-state index in [0.29, 0.717) is 11.1 Å². The average molecular weight is 463 g/mol. The van der Waals surface area contributed by atoms with E-state index >= 15 is 0 Å². The van der Waals surface area contributed by atoms with Crippen LogP contribution < -0.4 is 4.74 Å². The second-order valence-electron chi connectivity index (χ2n) is 7.59. The Balaban J connectivity index is 2.16. The highest BCUT2D eigenvalue weighted by Gasteiger charge is 2.25. The van der Waals surface area contributed by atoms with Gasteiger partial charge in [0.05, 0.1) is 16.2 Å². The van der Waals surface area contributed by atoms with Crippen LogP contribution in [0.3, 0.4) is 0 Å². The average Bonchev–Trinajstić information content (AvgIpc) is 2.74. The van der Waals surface area contributed by atoms with Crippen LogP contribution in [0.5, 0.6) is 5.88 Å². The number of benzene rings is 2. The molecular weight excluding hydrogens is 442 g/mol. The monoisotopic (exact) mass is 463 g/mol. The Morgan fingerprint density at radius 2 is 1.76 bits per heavy atom. The van der Waals surface area contributed by atoms with E-state index in [0.717, 1.165) is 12.1 Å². The van der Waals surface area contributed by atoms with E-state index < -0.39 is 29.6 Å². The third-order valence-corrected chi connectivity index (χ3v) is 4.72. The van der Waals surface area contributed by atoms with Crippen LogP contribution in [0.15, 0.2) is 48.5 Å². The van der Waals surface area contributed by atoms with Gasteiger partial charge in [-0.3, -0.25) is 10.1 Å². The summed E-state index contributed by atoms with van der Waals surface area (Å²) in [6.45, 7) is -0.699. The zero-order valence-corrected chi connectivity index (χ0v) is 17.9. The molecule has 6 nitrogen and oxygen atoms in total. The minimum atomic E-state index is -2.71. The number of halogens is 4. The third kappa shape index (κ3) is 6.04. The Morgan fingerprint density at radius 1 is 1.09 bits per heavy atom. The van der Waals surface area contributed by atoms with Gasteiger partial charge in [0, 0.05) is 30.2 Å². The van der Waals surface area contributed by atoms with Gasteiger partial charge in [0.15, 0.2) is 6.61 Å². The van der Waals surface area contributed by atoms with Gasteiger partial charge in [0.25, 0.3) is 12.1 Å². The number of rotatable bonds is 9. The number of hydrogen-bond acceptors (Lipinski definition) is 5. The van der Waals surface area contributed by atoms with E-state index in [-0.39, 0.29) is 41.4 Å². The second kappa shape index (κ2) is 10.4. The van der Waals surface area contributed by atoms with Crippen LogP contribution in [0.1, 0.15) is 16.7 Å². The summed E-state index contributed by atoms with van der Waals surface area (Å²) in [5.41, 5.74) is 0.542. The molecule has 1 heterocycles. The van der Waals surface area contributed by atoms with E-state index in [1.54, 1.807) is 19.0 Å². The molecule has 0 radical (unpaired) electrons. The summed E-state index contributed by atoms with van der Waals surface area (Å²) in [6.07, 6.45) is -2.86. The van der Waals surface area contributed by atoms with Crippen LogP contribution in [0.25, 0.3) is 11.3 Å². The molecule has 0 aliphatic rings. The maximum Gasteiger partial charge on any atom is 0.283 e. The highest BCUT2D eigenvalue weighted by Crippen LogP contribution is 2.36. The van der Waals surface area contributed by atoms with Gasteiger partial charge in [-0.05, 0) is 50.0 Å². The van der Waals surface area contributed by atoms with Crippen molar-refractivity contribution in [2.75, 3.05) is 20.7 Å². The molecule has 3 rings (SSSR count). The minimum absolute atomic E-state index is 0.0913. The first-order valence-electron chi connectivity index (χ1n) is 9.92. The zero-order valence-electron chi connectivity index (χ0n) is 17.9. The van der Waals surface area contributed by atoms with Crippen molar-refractivity contribution in [3.63, 3.8) is 0 Å². The fraction of sp³-hybridized carbons (Fsp3) is 0.261. The summed E-state index contributed by atoms with van der Waals surface area (Å²) in [7, 11) is 3.45. The summed E-state index contributed by atoms with van der Waals surface area (Å²) in [4.78, 5) is 17.3. The number of pyridine rings is 1. The number of aromatic nitrogens is 1. The highest BCUT2D eigenvalue weighted by molar-refractivity contribution is 5.74. The molecule has 0 aliphatic heterocycles. The number of nitrogens with zero attached hydrogens (tertiary/aromatic N) is 3. The topological polar surface area (TPSA) is 68.5 Å². The normalized spacial score (nSPS) is 11.3. The Morgan fingerprint density at radius 3 is 2.36 bits per heavy atom. The number of nitro benzene ring substituents is 1. The summed E-state index contributed by atoms with van der Waals surface area (Å²) in [5, 5.41) is 12.0. The zero-order chi connectivity index (χ0) is 24.1. The molecule has 0 spiro atoms. The van der Waals surface area contributed by atoms with Crippen molar-refractivity contribution in [3.8, 4) is 17.1 Å². The molecule has 0 saturated carbocycles. The van der Waals surface area contributed by atoms with E-state index in [2.05, 4.69) is 4.98 Å². The first kappa shape index (κ1) is 24.1. The Hall–Kier alpha value is -3.53. The second-order valence-corrected chi connectivity index (χ2v) is 7.59. The molecule has 0 N–H and O–H groups in total. The van der Waals surface area contributed by atoms with Crippen molar-refractivity contribution >= 4 is 5.69 Å². The van der Waals surface area contributed by atoms with Crippen LogP contribution in [0, 0.1) is 21.7 Å². The molecule has 0 fully saturated rings. The number of alkyl halides is 2. The molecule has 0 amide bonds. The van der Waals surface area contributed by atoms with Crippen LogP contribution >= 0.6 is 0 Å². The Kier molecular flexibility index (Phi) is 7.59. The summed E-state index contributed by atoms with van der Waals surface area (Å²) in [5.74, 6) is -1.59. The van der Waals surface area contributed by atoms with Gasteiger partial charge in [-0.25, -0.2) is 22.5 Å². The molecule has 0 aliphatic carbocycles. The predicted molar refractivity (Wildman–Crippen MR) is 114 cm³/mol.